The molecule has 1 N–H and O–H groups in total. The van der Waals surface area contributed by atoms with E-state index in [-0.39, 0.29) is 24.0 Å². The summed E-state index contributed by atoms with van der Waals surface area (Å²) in [5.74, 6) is 2.65. The molecule has 7 heteroatoms. The molecule has 1 atom stereocenters. The monoisotopic (exact) mass is 534 g/mol. The van der Waals surface area contributed by atoms with E-state index in [0.29, 0.717) is 5.92 Å². The predicted octanol–water partition coefficient (Wildman–Crippen LogP) is 3.41. The van der Waals surface area contributed by atoms with Gasteiger partial charge in [0.2, 0.25) is 0 Å². The van der Waals surface area contributed by atoms with Crippen molar-refractivity contribution in [1.82, 2.24) is 20.1 Å². The van der Waals surface area contributed by atoms with Crippen LogP contribution in [0, 0.1) is 0 Å². The van der Waals surface area contributed by atoms with E-state index in [4.69, 9.17) is 4.98 Å². The Balaban J connectivity index is 0.00000272. The first-order chi connectivity index (χ1) is 14.8. The Kier molecular flexibility index (Phi) is 8.95. The molecule has 1 unspecified atom stereocenters. The maximum absolute atomic E-state index is 4.72. The zero-order valence-corrected chi connectivity index (χ0v) is 21.0. The number of anilines is 1. The van der Waals surface area contributed by atoms with Crippen LogP contribution >= 0.6 is 24.0 Å². The molecule has 3 heterocycles. The van der Waals surface area contributed by atoms with E-state index >= 15 is 0 Å². The normalized spacial score (nSPS) is 19.9. The summed E-state index contributed by atoms with van der Waals surface area (Å²) in [6.45, 7) is 10.5. The van der Waals surface area contributed by atoms with Crippen LogP contribution in [-0.2, 0) is 6.54 Å². The van der Waals surface area contributed by atoms with Gasteiger partial charge in [0.1, 0.15) is 5.82 Å². The third-order valence-electron chi connectivity index (χ3n) is 6.37. The summed E-state index contributed by atoms with van der Waals surface area (Å²) in [5, 5.41) is 3.53. The topological polar surface area (TPSA) is 47.0 Å². The smallest absolute Gasteiger partial charge is 0.193 e. The number of hydrogen-bond acceptors (Lipinski definition) is 4. The number of aromatic nitrogens is 1. The minimum absolute atomic E-state index is 0. The van der Waals surface area contributed by atoms with Crippen molar-refractivity contribution in [2.24, 2.45) is 4.99 Å². The van der Waals surface area contributed by atoms with Gasteiger partial charge in [-0.05, 0) is 30.2 Å². The highest BCUT2D eigenvalue weighted by molar-refractivity contribution is 14.0. The van der Waals surface area contributed by atoms with Crippen molar-refractivity contribution in [3.8, 4) is 0 Å². The first-order valence-electron chi connectivity index (χ1n) is 11.2. The number of guanidine groups is 1. The molecule has 2 aliphatic heterocycles. The first-order valence-corrected chi connectivity index (χ1v) is 11.2. The molecule has 0 bridgehead atoms. The number of likely N-dealkylation sites (N-methyl/N-ethyl adjacent to an activating group) is 1. The number of benzene rings is 1. The highest BCUT2D eigenvalue weighted by Crippen LogP contribution is 2.26. The van der Waals surface area contributed by atoms with Crippen molar-refractivity contribution in [2.75, 3.05) is 57.8 Å². The van der Waals surface area contributed by atoms with E-state index in [1.165, 1.54) is 17.5 Å². The Morgan fingerprint density at radius 2 is 1.84 bits per heavy atom. The zero-order valence-electron chi connectivity index (χ0n) is 18.7. The molecule has 0 radical (unpaired) electrons. The molecule has 0 aliphatic carbocycles. The van der Waals surface area contributed by atoms with Crippen LogP contribution in [0.15, 0.2) is 53.7 Å². The second-order valence-corrected chi connectivity index (χ2v) is 8.19. The number of likely N-dealkylation sites (tertiary alicyclic amines) is 1. The molecule has 4 rings (SSSR count). The van der Waals surface area contributed by atoms with Crippen LogP contribution in [-0.4, -0.2) is 73.6 Å². The molecule has 0 spiro atoms. The van der Waals surface area contributed by atoms with Crippen molar-refractivity contribution >= 4 is 35.8 Å². The molecular formula is C24H35IN6. The Morgan fingerprint density at radius 1 is 1.06 bits per heavy atom. The molecule has 2 aliphatic rings. The number of pyridine rings is 1. The summed E-state index contributed by atoms with van der Waals surface area (Å²) in [7, 11) is 1.87. The lowest BCUT2D eigenvalue weighted by molar-refractivity contribution is 0.270. The summed E-state index contributed by atoms with van der Waals surface area (Å²) in [5.41, 5.74) is 2.61. The van der Waals surface area contributed by atoms with Gasteiger partial charge in [0.05, 0.1) is 0 Å². The molecule has 0 amide bonds. The lowest BCUT2D eigenvalue weighted by Crippen LogP contribution is -2.46. The number of rotatable bonds is 5. The van der Waals surface area contributed by atoms with Crippen LogP contribution in [0.3, 0.4) is 0 Å². The van der Waals surface area contributed by atoms with Gasteiger partial charge in [-0.2, -0.15) is 0 Å². The minimum atomic E-state index is 0. The van der Waals surface area contributed by atoms with E-state index < -0.39 is 0 Å². The number of hydrogen-bond donors (Lipinski definition) is 1. The third kappa shape index (κ3) is 6.10. The van der Waals surface area contributed by atoms with Crippen LogP contribution in [0.4, 0.5) is 5.82 Å². The van der Waals surface area contributed by atoms with E-state index in [1.807, 2.05) is 13.2 Å². The van der Waals surface area contributed by atoms with Gasteiger partial charge in [0, 0.05) is 65.0 Å². The number of nitrogens with zero attached hydrogens (tertiary/aromatic N) is 5. The quantitative estimate of drug-likeness (QED) is 0.362. The van der Waals surface area contributed by atoms with Crippen LogP contribution in [0.2, 0.25) is 0 Å². The Morgan fingerprint density at radius 3 is 2.48 bits per heavy atom. The Hall–Kier alpha value is -1.87. The lowest BCUT2D eigenvalue weighted by Gasteiger charge is -2.34. The third-order valence-corrected chi connectivity index (χ3v) is 6.37. The van der Waals surface area contributed by atoms with Gasteiger partial charge in [-0.1, -0.05) is 43.3 Å². The van der Waals surface area contributed by atoms with Crippen molar-refractivity contribution in [2.45, 2.75) is 25.8 Å². The first kappa shape index (κ1) is 23.8. The molecule has 1 aromatic carbocycles. The fourth-order valence-corrected chi connectivity index (χ4v) is 4.46. The fraction of sp³-hybridized carbons (Fsp3) is 0.500. The standard InChI is InChI=1S/C24H34N6.HI/c1-3-28-13-15-29(16-14-28)23-10-9-20(17-26-23)18-27-24(25-2)30-12-11-22(19-30)21-7-5-4-6-8-21;/h4-10,17,22H,3,11-16,18-19H2,1-2H3,(H,25,27);1H. The van der Waals surface area contributed by atoms with Gasteiger partial charge in [0.15, 0.2) is 5.96 Å². The molecule has 168 valence electrons. The van der Waals surface area contributed by atoms with Gasteiger partial charge < -0.3 is 20.0 Å². The van der Waals surface area contributed by atoms with Crippen molar-refractivity contribution in [1.29, 1.82) is 0 Å². The number of aliphatic imine (C=N–C) groups is 1. The average molecular weight is 534 g/mol. The largest absolute Gasteiger partial charge is 0.354 e. The van der Waals surface area contributed by atoms with Crippen LogP contribution in [0.1, 0.15) is 30.4 Å². The summed E-state index contributed by atoms with van der Waals surface area (Å²) < 4.78 is 0. The van der Waals surface area contributed by atoms with E-state index in [9.17, 15) is 0 Å². The van der Waals surface area contributed by atoms with Gasteiger partial charge >= 0.3 is 0 Å². The number of nitrogens with one attached hydrogen (secondary N) is 1. The number of halogens is 1. The molecule has 1 aromatic heterocycles. The summed E-state index contributed by atoms with van der Waals surface area (Å²) >= 11 is 0. The lowest BCUT2D eigenvalue weighted by atomic mass is 9.99. The van der Waals surface area contributed by atoms with Crippen molar-refractivity contribution in [3.63, 3.8) is 0 Å². The summed E-state index contributed by atoms with van der Waals surface area (Å²) in [6.07, 6.45) is 3.17. The van der Waals surface area contributed by atoms with Gasteiger partial charge in [-0.15, -0.1) is 24.0 Å². The molecule has 2 fully saturated rings. The van der Waals surface area contributed by atoms with E-state index in [1.54, 1.807) is 0 Å². The minimum Gasteiger partial charge on any atom is -0.354 e. The van der Waals surface area contributed by atoms with Gasteiger partial charge in [0.25, 0.3) is 0 Å². The molecule has 6 nitrogen and oxygen atoms in total. The van der Waals surface area contributed by atoms with Gasteiger partial charge in [-0.25, -0.2) is 4.98 Å². The fourth-order valence-electron chi connectivity index (χ4n) is 4.46. The second-order valence-electron chi connectivity index (χ2n) is 8.19. The SMILES string of the molecule is CCN1CCN(c2ccc(CNC(=NC)N3CCC(c4ccccc4)C3)cn2)CC1.I. The van der Waals surface area contributed by atoms with Crippen molar-refractivity contribution in [3.05, 3.63) is 59.8 Å². The summed E-state index contributed by atoms with van der Waals surface area (Å²) in [4.78, 5) is 16.5. The molecule has 2 aromatic rings. The summed E-state index contributed by atoms with van der Waals surface area (Å²) in [6, 6.07) is 15.2. The second kappa shape index (κ2) is 11.7. The van der Waals surface area contributed by atoms with Gasteiger partial charge in [-0.3, -0.25) is 4.99 Å². The van der Waals surface area contributed by atoms with Crippen molar-refractivity contribution < 1.29 is 0 Å². The Labute approximate surface area is 203 Å². The molecule has 0 saturated carbocycles. The van der Waals surface area contributed by atoms with E-state index in [0.717, 1.165) is 64.1 Å². The maximum Gasteiger partial charge on any atom is 0.193 e. The van der Waals surface area contributed by atoms with Crippen LogP contribution in [0.5, 0.6) is 0 Å². The Bertz CT molecular complexity index is 818. The zero-order chi connectivity index (χ0) is 20.8. The number of piperazine rings is 1. The highest BCUT2D eigenvalue weighted by Gasteiger charge is 2.25. The van der Waals surface area contributed by atoms with Crippen LogP contribution < -0.4 is 10.2 Å². The molecule has 2 saturated heterocycles. The van der Waals surface area contributed by atoms with E-state index in [2.05, 4.69) is 74.4 Å². The molecular weight excluding hydrogens is 499 g/mol. The average Bonchev–Trinajstić information content (AvgIpc) is 3.31. The maximum atomic E-state index is 4.72. The molecule has 31 heavy (non-hydrogen) atoms. The predicted molar refractivity (Wildman–Crippen MR) is 140 cm³/mol. The van der Waals surface area contributed by atoms with Crippen LogP contribution in [0.25, 0.3) is 0 Å². The highest BCUT2D eigenvalue weighted by atomic mass is 127.